The summed E-state index contributed by atoms with van der Waals surface area (Å²) in [5, 5.41) is 4.09. The fourth-order valence-electron chi connectivity index (χ4n) is 6.48. The van der Waals surface area contributed by atoms with Gasteiger partial charge in [-0.05, 0) is 103 Å². The van der Waals surface area contributed by atoms with Crippen LogP contribution in [0.1, 0.15) is 117 Å². The number of piperidine rings is 2. The molecule has 1 atom stereocenters. The standard InChI is InChI=1S/C29H59N3/c1-5-7-8-9-10-11-12-13-14-15-16-28(30-21-6-2)29(26-17-22-31(3)23-18-26)27-19-24-32(4)25-20-27/h26-30H,5-25H2,1-4H3. The van der Waals surface area contributed by atoms with E-state index in [1.807, 2.05) is 0 Å². The zero-order valence-corrected chi connectivity index (χ0v) is 22.6. The van der Waals surface area contributed by atoms with E-state index in [0.717, 1.165) is 23.8 Å². The van der Waals surface area contributed by atoms with Gasteiger partial charge in [-0.1, -0.05) is 78.1 Å². The molecule has 190 valence electrons. The highest BCUT2D eigenvalue weighted by Gasteiger charge is 2.37. The Bertz CT molecular complexity index is 402. The lowest BCUT2D eigenvalue weighted by molar-refractivity contribution is 0.0634. The van der Waals surface area contributed by atoms with Crippen LogP contribution in [0.3, 0.4) is 0 Å². The molecule has 2 saturated heterocycles. The third kappa shape index (κ3) is 10.9. The van der Waals surface area contributed by atoms with Crippen molar-refractivity contribution in [1.29, 1.82) is 0 Å². The highest BCUT2D eigenvalue weighted by molar-refractivity contribution is 4.91. The first-order valence-electron chi connectivity index (χ1n) is 14.8. The van der Waals surface area contributed by atoms with E-state index in [9.17, 15) is 0 Å². The zero-order valence-electron chi connectivity index (χ0n) is 22.6. The first-order chi connectivity index (χ1) is 15.7. The van der Waals surface area contributed by atoms with Gasteiger partial charge in [0.05, 0.1) is 0 Å². The Balaban J connectivity index is 1.82. The van der Waals surface area contributed by atoms with E-state index in [1.54, 1.807) is 0 Å². The smallest absolute Gasteiger partial charge is 0.0101 e. The van der Waals surface area contributed by atoms with Gasteiger partial charge in [0, 0.05) is 6.04 Å². The van der Waals surface area contributed by atoms with E-state index in [0.29, 0.717) is 0 Å². The van der Waals surface area contributed by atoms with Crippen LogP contribution >= 0.6 is 0 Å². The van der Waals surface area contributed by atoms with Crippen LogP contribution < -0.4 is 5.32 Å². The van der Waals surface area contributed by atoms with Crippen LogP contribution in [0.5, 0.6) is 0 Å². The lowest BCUT2D eigenvalue weighted by Crippen LogP contribution is -2.48. The van der Waals surface area contributed by atoms with Gasteiger partial charge in [-0.3, -0.25) is 0 Å². The fraction of sp³-hybridized carbons (Fsp3) is 1.00. The number of likely N-dealkylation sites (tertiary alicyclic amines) is 2. The number of unbranched alkanes of at least 4 members (excludes halogenated alkanes) is 9. The molecule has 0 radical (unpaired) electrons. The van der Waals surface area contributed by atoms with Crippen molar-refractivity contribution in [1.82, 2.24) is 15.1 Å². The van der Waals surface area contributed by atoms with E-state index in [-0.39, 0.29) is 0 Å². The van der Waals surface area contributed by atoms with Crippen molar-refractivity contribution in [2.75, 3.05) is 46.8 Å². The summed E-state index contributed by atoms with van der Waals surface area (Å²) in [6, 6.07) is 0.755. The first kappa shape index (κ1) is 28.1. The molecular weight excluding hydrogens is 390 g/mol. The monoisotopic (exact) mass is 449 g/mol. The Hall–Kier alpha value is -0.120. The molecule has 1 N–H and O–H groups in total. The summed E-state index contributed by atoms with van der Waals surface area (Å²) in [4.78, 5) is 5.11. The lowest BCUT2D eigenvalue weighted by atomic mass is 9.68. The fourth-order valence-corrected chi connectivity index (χ4v) is 6.48. The van der Waals surface area contributed by atoms with Gasteiger partial charge in [0.1, 0.15) is 0 Å². The summed E-state index contributed by atoms with van der Waals surface area (Å²) < 4.78 is 0. The highest BCUT2D eigenvalue weighted by Crippen LogP contribution is 2.39. The van der Waals surface area contributed by atoms with E-state index in [2.05, 4.69) is 43.1 Å². The predicted molar refractivity (Wildman–Crippen MR) is 142 cm³/mol. The number of hydrogen-bond donors (Lipinski definition) is 1. The second-order valence-electron chi connectivity index (χ2n) is 11.4. The van der Waals surface area contributed by atoms with Gasteiger partial charge in [-0.2, -0.15) is 0 Å². The van der Waals surface area contributed by atoms with Gasteiger partial charge in [-0.25, -0.2) is 0 Å². The van der Waals surface area contributed by atoms with Crippen molar-refractivity contribution in [2.24, 2.45) is 17.8 Å². The minimum atomic E-state index is 0.755. The molecule has 0 aliphatic carbocycles. The third-order valence-corrected chi connectivity index (χ3v) is 8.60. The van der Waals surface area contributed by atoms with Crippen LogP contribution in [0, 0.1) is 17.8 Å². The van der Waals surface area contributed by atoms with Crippen LogP contribution in [0.2, 0.25) is 0 Å². The summed E-state index contributed by atoms with van der Waals surface area (Å²) in [7, 11) is 4.63. The quantitative estimate of drug-likeness (QED) is 0.242. The Labute approximate surface area is 202 Å². The van der Waals surface area contributed by atoms with Crippen LogP contribution in [-0.4, -0.2) is 62.7 Å². The van der Waals surface area contributed by atoms with Crippen LogP contribution in [-0.2, 0) is 0 Å². The number of hydrogen-bond acceptors (Lipinski definition) is 3. The Morgan fingerprint density at radius 2 is 1.06 bits per heavy atom. The SMILES string of the molecule is CCCCCCCCCCCCC(NCCC)C(C1CCN(C)CC1)C1CCN(C)CC1. The lowest BCUT2D eigenvalue weighted by Gasteiger charge is -2.45. The maximum Gasteiger partial charge on any atom is 0.0101 e. The molecule has 0 spiro atoms. The molecule has 2 rings (SSSR count). The summed E-state index contributed by atoms with van der Waals surface area (Å²) in [5.74, 6) is 2.79. The van der Waals surface area contributed by atoms with E-state index < -0.39 is 0 Å². The second-order valence-corrected chi connectivity index (χ2v) is 11.4. The molecule has 0 amide bonds. The van der Waals surface area contributed by atoms with E-state index in [1.165, 1.54) is 135 Å². The molecule has 2 aliphatic heterocycles. The van der Waals surface area contributed by atoms with Crippen molar-refractivity contribution in [3.63, 3.8) is 0 Å². The van der Waals surface area contributed by atoms with Crippen molar-refractivity contribution >= 4 is 0 Å². The highest BCUT2D eigenvalue weighted by atomic mass is 15.1. The van der Waals surface area contributed by atoms with Gasteiger partial charge in [0.25, 0.3) is 0 Å². The molecule has 2 aliphatic rings. The average molecular weight is 450 g/mol. The molecule has 0 bridgehead atoms. The summed E-state index contributed by atoms with van der Waals surface area (Å²) in [6.07, 6.45) is 22.9. The number of rotatable bonds is 17. The number of nitrogens with one attached hydrogen (secondary N) is 1. The van der Waals surface area contributed by atoms with Crippen LogP contribution in [0.4, 0.5) is 0 Å². The van der Waals surface area contributed by atoms with Gasteiger partial charge >= 0.3 is 0 Å². The first-order valence-corrected chi connectivity index (χ1v) is 14.8. The molecular formula is C29H59N3. The Morgan fingerprint density at radius 3 is 1.50 bits per heavy atom. The topological polar surface area (TPSA) is 18.5 Å². The average Bonchev–Trinajstić information content (AvgIpc) is 2.80. The normalized spacial score (nSPS) is 20.9. The summed E-state index contributed by atoms with van der Waals surface area (Å²) >= 11 is 0. The maximum atomic E-state index is 4.09. The minimum absolute atomic E-state index is 0.755. The predicted octanol–water partition coefficient (Wildman–Crippen LogP) is 6.97. The molecule has 2 heterocycles. The molecule has 0 aromatic rings. The maximum absolute atomic E-state index is 4.09. The van der Waals surface area contributed by atoms with Crippen molar-refractivity contribution in [3.8, 4) is 0 Å². The molecule has 3 nitrogen and oxygen atoms in total. The van der Waals surface area contributed by atoms with Crippen molar-refractivity contribution < 1.29 is 0 Å². The van der Waals surface area contributed by atoms with Gasteiger partial charge in [0.15, 0.2) is 0 Å². The largest absolute Gasteiger partial charge is 0.314 e. The molecule has 3 heteroatoms. The molecule has 2 fully saturated rings. The molecule has 0 aromatic carbocycles. The second kappa shape index (κ2) is 17.3. The Kier molecular flexibility index (Phi) is 15.2. The van der Waals surface area contributed by atoms with Crippen LogP contribution in [0.25, 0.3) is 0 Å². The van der Waals surface area contributed by atoms with E-state index in [4.69, 9.17) is 0 Å². The molecule has 32 heavy (non-hydrogen) atoms. The van der Waals surface area contributed by atoms with E-state index >= 15 is 0 Å². The van der Waals surface area contributed by atoms with Crippen molar-refractivity contribution in [3.05, 3.63) is 0 Å². The zero-order chi connectivity index (χ0) is 23.0. The summed E-state index contributed by atoms with van der Waals surface area (Å²) in [5.41, 5.74) is 0. The van der Waals surface area contributed by atoms with Gasteiger partial charge < -0.3 is 15.1 Å². The number of nitrogens with zero attached hydrogens (tertiary/aromatic N) is 2. The van der Waals surface area contributed by atoms with Gasteiger partial charge in [0.2, 0.25) is 0 Å². The summed E-state index contributed by atoms with van der Waals surface area (Å²) in [6.45, 7) is 11.1. The van der Waals surface area contributed by atoms with Crippen LogP contribution in [0.15, 0.2) is 0 Å². The van der Waals surface area contributed by atoms with Crippen molar-refractivity contribution in [2.45, 2.75) is 123 Å². The molecule has 1 unspecified atom stereocenters. The molecule has 0 aromatic heterocycles. The molecule has 0 saturated carbocycles. The minimum Gasteiger partial charge on any atom is -0.314 e. The third-order valence-electron chi connectivity index (χ3n) is 8.60. The van der Waals surface area contributed by atoms with Gasteiger partial charge in [-0.15, -0.1) is 0 Å². The Morgan fingerprint density at radius 1 is 0.625 bits per heavy atom.